The minimum atomic E-state index is -4.63. The Morgan fingerprint density at radius 2 is 1.65 bits per heavy atom. The monoisotopic (exact) mass is 345 g/mol. The molecule has 0 bridgehead atoms. The Morgan fingerprint density at radius 3 is 2.22 bits per heavy atom. The largest absolute Gasteiger partial charge is 0.386 e. The number of sulfone groups is 1. The summed E-state index contributed by atoms with van der Waals surface area (Å²) in [5.74, 6) is -4.02. The van der Waals surface area contributed by atoms with E-state index in [2.05, 4.69) is 5.32 Å². The Bertz CT molecular complexity index is 764. The molecule has 2 rings (SSSR count). The predicted octanol–water partition coefficient (Wildman–Crippen LogP) is 2.97. The fourth-order valence-corrected chi connectivity index (χ4v) is 2.66. The Hall–Kier alpha value is -2.06. The van der Waals surface area contributed by atoms with Gasteiger partial charge in [0.25, 0.3) is 0 Å². The van der Waals surface area contributed by atoms with Crippen LogP contribution in [0.2, 0.25) is 0 Å². The molecule has 8 heteroatoms. The van der Waals surface area contributed by atoms with Crippen LogP contribution in [-0.4, -0.2) is 25.8 Å². The van der Waals surface area contributed by atoms with Gasteiger partial charge in [0.1, 0.15) is 5.82 Å². The summed E-state index contributed by atoms with van der Waals surface area (Å²) in [6, 6.07) is 10.4. The maximum atomic E-state index is 13.5. The van der Waals surface area contributed by atoms with Gasteiger partial charge in [-0.3, -0.25) is 0 Å². The fourth-order valence-electron chi connectivity index (χ4n) is 1.94. The van der Waals surface area contributed by atoms with Gasteiger partial charge in [-0.25, -0.2) is 12.8 Å². The van der Waals surface area contributed by atoms with E-state index in [1.165, 1.54) is 30.3 Å². The first-order valence-electron chi connectivity index (χ1n) is 6.61. The van der Waals surface area contributed by atoms with Crippen LogP contribution in [0.25, 0.3) is 0 Å². The van der Waals surface area contributed by atoms with Crippen LogP contribution in [-0.2, 0) is 9.84 Å². The molecule has 0 aliphatic rings. The van der Waals surface area contributed by atoms with Crippen molar-refractivity contribution >= 4 is 15.5 Å². The summed E-state index contributed by atoms with van der Waals surface area (Å²) in [4.78, 5) is -0.493. The Kier molecular flexibility index (Phi) is 5.27. The molecule has 0 fully saturated rings. The number of hydrogen-bond donors (Lipinski definition) is 2. The molecule has 2 aromatic carbocycles. The third kappa shape index (κ3) is 4.02. The molecule has 2 aromatic rings. The van der Waals surface area contributed by atoms with Crippen LogP contribution in [0.4, 0.5) is 18.9 Å². The van der Waals surface area contributed by atoms with Crippen molar-refractivity contribution in [1.29, 1.82) is 0 Å². The first-order chi connectivity index (χ1) is 10.8. The molecule has 0 aliphatic heterocycles. The van der Waals surface area contributed by atoms with Crippen LogP contribution < -0.4 is 5.32 Å². The van der Waals surface area contributed by atoms with Crippen molar-refractivity contribution < 1.29 is 26.7 Å². The number of hydrogen-bond acceptors (Lipinski definition) is 4. The average molecular weight is 345 g/mol. The van der Waals surface area contributed by atoms with Gasteiger partial charge in [-0.05, 0) is 30.3 Å². The first kappa shape index (κ1) is 17.3. The molecule has 0 aliphatic carbocycles. The maximum Gasteiger partial charge on any atom is 0.341 e. The molecule has 2 N–H and O–H groups in total. The van der Waals surface area contributed by atoms with Crippen molar-refractivity contribution in [2.75, 3.05) is 11.9 Å². The molecule has 1 atom stereocenters. The van der Waals surface area contributed by atoms with Crippen LogP contribution in [0.1, 0.15) is 11.7 Å². The van der Waals surface area contributed by atoms with Crippen LogP contribution in [0.15, 0.2) is 53.4 Å². The standard InChI is InChI=1S/C15H14F3NO3S/c16-13-4-2-1-3-12(13)14(20)9-19-10-5-7-11(8-6-10)23(21,22)15(17)18/h1-8,14-15,19-20H,9H2. The fraction of sp³-hybridized carbons (Fsp3) is 0.200. The number of aliphatic hydroxyl groups excluding tert-OH is 1. The van der Waals surface area contributed by atoms with Crippen LogP contribution in [0.3, 0.4) is 0 Å². The highest BCUT2D eigenvalue weighted by molar-refractivity contribution is 7.91. The van der Waals surface area contributed by atoms with Crippen molar-refractivity contribution in [3.05, 3.63) is 59.9 Å². The molecule has 0 aromatic heterocycles. The molecular formula is C15H14F3NO3S. The van der Waals surface area contributed by atoms with Crippen LogP contribution >= 0.6 is 0 Å². The van der Waals surface area contributed by atoms with E-state index in [0.29, 0.717) is 5.69 Å². The molecule has 0 heterocycles. The van der Waals surface area contributed by atoms with E-state index < -0.39 is 32.4 Å². The van der Waals surface area contributed by atoms with Crippen molar-refractivity contribution in [3.8, 4) is 0 Å². The Labute approximate surface area is 131 Å². The lowest BCUT2D eigenvalue weighted by Crippen LogP contribution is -2.14. The summed E-state index contributed by atoms with van der Waals surface area (Å²) in [5, 5.41) is 12.7. The van der Waals surface area contributed by atoms with E-state index in [1.807, 2.05) is 0 Å². The van der Waals surface area contributed by atoms with Gasteiger partial charge in [0, 0.05) is 17.8 Å². The van der Waals surface area contributed by atoms with Crippen molar-refractivity contribution in [2.24, 2.45) is 0 Å². The summed E-state index contributed by atoms with van der Waals surface area (Å²) in [6.45, 7) is -0.0259. The van der Waals surface area contributed by atoms with Gasteiger partial charge in [0.05, 0.1) is 11.0 Å². The number of nitrogens with one attached hydrogen (secondary N) is 1. The molecule has 4 nitrogen and oxygen atoms in total. The molecule has 124 valence electrons. The maximum absolute atomic E-state index is 13.5. The van der Waals surface area contributed by atoms with Crippen molar-refractivity contribution in [3.63, 3.8) is 0 Å². The minimum absolute atomic E-state index is 0.0259. The van der Waals surface area contributed by atoms with Gasteiger partial charge < -0.3 is 10.4 Å². The van der Waals surface area contributed by atoms with Gasteiger partial charge in [0.2, 0.25) is 9.84 Å². The van der Waals surface area contributed by atoms with Gasteiger partial charge >= 0.3 is 5.76 Å². The topological polar surface area (TPSA) is 66.4 Å². The molecule has 0 spiro atoms. The quantitative estimate of drug-likeness (QED) is 0.845. The molecule has 0 amide bonds. The van der Waals surface area contributed by atoms with E-state index in [-0.39, 0.29) is 12.1 Å². The third-order valence-electron chi connectivity index (χ3n) is 3.18. The lowest BCUT2D eigenvalue weighted by molar-refractivity contribution is 0.186. The van der Waals surface area contributed by atoms with E-state index in [0.717, 1.165) is 12.1 Å². The number of halogens is 3. The van der Waals surface area contributed by atoms with Crippen LogP contribution in [0, 0.1) is 5.82 Å². The third-order valence-corrected chi connectivity index (χ3v) is 4.58. The first-order valence-corrected chi connectivity index (χ1v) is 8.15. The summed E-state index contributed by atoms with van der Waals surface area (Å²) in [6.07, 6.45) is -1.11. The molecule has 0 saturated carbocycles. The van der Waals surface area contributed by atoms with Gasteiger partial charge in [-0.1, -0.05) is 18.2 Å². The summed E-state index contributed by atoms with van der Waals surface area (Å²) >= 11 is 0. The number of anilines is 1. The predicted molar refractivity (Wildman–Crippen MR) is 79.5 cm³/mol. The van der Waals surface area contributed by atoms with Crippen molar-refractivity contribution in [1.82, 2.24) is 0 Å². The van der Waals surface area contributed by atoms with Crippen LogP contribution in [0.5, 0.6) is 0 Å². The van der Waals surface area contributed by atoms with E-state index in [4.69, 9.17) is 0 Å². The number of aliphatic hydroxyl groups is 1. The number of alkyl halides is 2. The zero-order valence-electron chi connectivity index (χ0n) is 11.8. The van der Waals surface area contributed by atoms with E-state index in [1.54, 1.807) is 6.07 Å². The molecular weight excluding hydrogens is 331 g/mol. The second kappa shape index (κ2) is 7.01. The second-order valence-electron chi connectivity index (χ2n) is 4.75. The molecule has 0 radical (unpaired) electrons. The van der Waals surface area contributed by atoms with Crippen molar-refractivity contribution in [2.45, 2.75) is 16.8 Å². The van der Waals surface area contributed by atoms with Gasteiger partial charge in [-0.2, -0.15) is 8.78 Å². The summed E-state index contributed by atoms with van der Waals surface area (Å²) < 4.78 is 60.9. The number of rotatable bonds is 6. The molecule has 1 unspecified atom stereocenters. The zero-order chi connectivity index (χ0) is 17.0. The highest BCUT2D eigenvalue weighted by Gasteiger charge is 2.26. The lowest BCUT2D eigenvalue weighted by Gasteiger charge is -2.14. The molecule has 0 saturated heterocycles. The summed E-state index contributed by atoms with van der Waals surface area (Å²) in [5.41, 5.74) is 0.533. The van der Waals surface area contributed by atoms with E-state index >= 15 is 0 Å². The highest BCUT2D eigenvalue weighted by atomic mass is 32.2. The Morgan fingerprint density at radius 1 is 1.04 bits per heavy atom. The summed E-state index contributed by atoms with van der Waals surface area (Å²) in [7, 11) is -4.63. The zero-order valence-corrected chi connectivity index (χ0v) is 12.6. The highest BCUT2D eigenvalue weighted by Crippen LogP contribution is 2.21. The normalized spacial score (nSPS) is 13.1. The Balaban J connectivity index is 2.04. The lowest BCUT2D eigenvalue weighted by atomic mass is 10.1. The number of benzene rings is 2. The SMILES string of the molecule is O=S(=O)(c1ccc(NCC(O)c2ccccc2F)cc1)C(F)F. The van der Waals surface area contributed by atoms with E-state index in [9.17, 15) is 26.7 Å². The van der Waals surface area contributed by atoms with Gasteiger partial charge in [-0.15, -0.1) is 0 Å². The minimum Gasteiger partial charge on any atom is -0.386 e. The molecule has 23 heavy (non-hydrogen) atoms. The average Bonchev–Trinajstić information content (AvgIpc) is 2.53. The van der Waals surface area contributed by atoms with Gasteiger partial charge in [0.15, 0.2) is 0 Å². The second-order valence-corrected chi connectivity index (χ2v) is 6.67. The smallest absolute Gasteiger partial charge is 0.341 e.